The van der Waals surface area contributed by atoms with Crippen molar-refractivity contribution >= 4 is 11.8 Å². The van der Waals surface area contributed by atoms with Crippen LogP contribution < -0.4 is 5.32 Å². The van der Waals surface area contributed by atoms with Crippen molar-refractivity contribution in [2.75, 3.05) is 20.2 Å². The number of methoxy groups -OCH3 is 1. The van der Waals surface area contributed by atoms with Crippen molar-refractivity contribution < 1.29 is 14.3 Å². The smallest absolute Gasteiger partial charge is 0.312 e. The molecule has 0 spiro atoms. The topological polar surface area (TPSA) is 58.6 Å². The third-order valence-electron chi connectivity index (χ3n) is 3.89. The maximum Gasteiger partial charge on any atom is 0.312 e. The molecule has 1 atom stereocenters. The first-order chi connectivity index (χ1) is 10.2. The van der Waals surface area contributed by atoms with Crippen LogP contribution in [0.4, 0.5) is 0 Å². The van der Waals surface area contributed by atoms with Gasteiger partial charge in [-0.1, -0.05) is 31.2 Å². The molecule has 5 heteroatoms. The monoisotopic (exact) mass is 290 g/mol. The predicted octanol–water partition coefficient (Wildman–Crippen LogP) is 1.11. The zero-order valence-corrected chi connectivity index (χ0v) is 12.6. The molecule has 0 unspecified atom stereocenters. The highest BCUT2D eigenvalue weighted by Crippen LogP contribution is 2.18. The summed E-state index contributed by atoms with van der Waals surface area (Å²) in [6.45, 7) is 3.43. The molecule has 114 valence electrons. The van der Waals surface area contributed by atoms with Gasteiger partial charge in [-0.2, -0.15) is 0 Å². The normalized spacial score (nSPS) is 15.2. The van der Waals surface area contributed by atoms with Crippen LogP contribution in [0.25, 0.3) is 0 Å². The summed E-state index contributed by atoms with van der Waals surface area (Å²) in [6, 6.07) is 8.03. The summed E-state index contributed by atoms with van der Waals surface area (Å²) in [4.78, 5) is 25.7. The van der Waals surface area contributed by atoms with Crippen molar-refractivity contribution in [3.63, 3.8) is 0 Å². The van der Waals surface area contributed by atoms with Gasteiger partial charge in [0, 0.05) is 26.7 Å². The van der Waals surface area contributed by atoms with Crippen LogP contribution in [0.3, 0.4) is 0 Å². The molecule has 5 nitrogen and oxygen atoms in total. The van der Waals surface area contributed by atoms with Gasteiger partial charge < -0.3 is 15.0 Å². The molecular weight excluding hydrogens is 268 g/mol. The zero-order chi connectivity index (χ0) is 15.2. The first-order valence-corrected chi connectivity index (χ1v) is 7.32. The van der Waals surface area contributed by atoms with Gasteiger partial charge in [0.1, 0.15) is 0 Å². The van der Waals surface area contributed by atoms with Gasteiger partial charge >= 0.3 is 11.8 Å². The summed E-state index contributed by atoms with van der Waals surface area (Å²) >= 11 is 0. The molecular formula is C16H22N2O3. The Kier molecular flexibility index (Phi) is 5.33. The van der Waals surface area contributed by atoms with E-state index in [1.54, 1.807) is 12.0 Å². The van der Waals surface area contributed by atoms with Crippen molar-refractivity contribution in [1.29, 1.82) is 0 Å². The number of amides is 2. The Hall–Kier alpha value is -1.88. The van der Waals surface area contributed by atoms with Crippen molar-refractivity contribution in [2.24, 2.45) is 0 Å². The summed E-state index contributed by atoms with van der Waals surface area (Å²) in [5.74, 6) is -1.01. The van der Waals surface area contributed by atoms with Crippen molar-refractivity contribution in [2.45, 2.75) is 32.4 Å². The Labute approximate surface area is 125 Å². The Bertz CT molecular complexity index is 512. The van der Waals surface area contributed by atoms with Gasteiger partial charge in [-0.15, -0.1) is 0 Å². The molecule has 1 heterocycles. The van der Waals surface area contributed by atoms with Gasteiger partial charge in [0.15, 0.2) is 0 Å². The van der Waals surface area contributed by atoms with E-state index in [0.29, 0.717) is 19.6 Å². The molecule has 0 radical (unpaired) electrons. The molecule has 1 aliphatic heterocycles. The molecule has 0 saturated heterocycles. The highest BCUT2D eigenvalue weighted by Gasteiger charge is 2.25. The Morgan fingerprint density at radius 2 is 2.05 bits per heavy atom. The maximum atomic E-state index is 12.2. The van der Waals surface area contributed by atoms with E-state index in [9.17, 15) is 9.59 Å². The number of nitrogens with zero attached hydrogens (tertiary/aromatic N) is 1. The number of fused-ring (bicyclic) bond motifs is 1. The number of carbonyl (C=O) groups is 2. The zero-order valence-electron chi connectivity index (χ0n) is 12.6. The molecule has 0 aromatic heterocycles. The number of nitrogens with one attached hydrogen (secondary N) is 1. The standard InChI is InChI=1S/C16H22N2O3/c1-3-14(21-2)10-17-15(19)16(20)18-9-8-12-6-4-5-7-13(12)11-18/h4-7,14H,3,8-11H2,1-2H3,(H,17,19)/t14-/m0/s1. The summed E-state index contributed by atoms with van der Waals surface area (Å²) < 4.78 is 5.18. The third kappa shape index (κ3) is 3.82. The first-order valence-electron chi connectivity index (χ1n) is 7.32. The summed E-state index contributed by atoms with van der Waals surface area (Å²) in [7, 11) is 1.60. The first kappa shape index (κ1) is 15.5. The number of rotatable bonds is 4. The fraction of sp³-hybridized carbons (Fsp3) is 0.500. The molecule has 1 N–H and O–H groups in total. The van der Waals surface area contributed by atoms with Crippen LogP contribution in [0, 0.1) is 0 Å². The highest BCUT2D eigenvalue weighted by atomic mass is 16.5. The van der Waals surface area contributed by atoms with Crippen LogP contribution in [0.5, 0.6) is 0 Å². The van der Waals surface area contributed by atoms with Crippen LogP contribution in [0.2, 0.25) is 0 Å². The molecule has 0 bridgehead atoms. The lowest BCUT2D eigenvalue weighted by Gasteiger charge is -2.28. The van der Waals surface area contributed by atoms with Gasteiger partial charge in [-0.05, 0) is 24.0 Å². The van der Waals surface area contributed by atoms with E-state index in [1.165, 1.54) is 5.56 Å². The van der Waals surface area contributed by atoms with Gasteiger partial charge in [-0.25, -0.2) is 0 Å². The molecule has 1 aliphatic rings. The molecule has 21 heavy (non-hydrogen) atoms. The van der Waals surface area contributed by atoms with E-state index in [-0.39, 0.29) is 6.10 Å². The SMILES string of the molecule is CC[C@@H](CNC(=O)C(=O)N1CCc2ccccc2C1)OC. The van der Waals surface area contributed by atoms with Crippen LogP contribution in [0.1, 0.15) is 24.5 Å². The van der Waals surface area contributed by atoms with Gasteiger partial charge in [0.2, 0.25) is 0 Å². The van der Waals surface area contributed by atoms with Crippen LogP contribution in [-0.2, 0) is 27.3 Å². The minimum atomic E-state index is -0.551. The minimum Gasteiger partial charge on any atom is -0.380 e. The largest absolute Gasteiger partial charge is 0.380 e. The number of hydrogen-bond acceptors (Lipinski definition) is 3. The third-order valence-corrected chi connectivity index (χ3v) is 3.89. The van der Waals surface area contributed by atoms with E-state index in [4.69, 9.17) is 4.74 Å². The second-order valence-electron chi connectivity index (χ2n) is 5.22. The average molecular weight is 290 g/mol. The Morgan fingerprint density at radius 1 is 1.33 bits per heavy atom. The quantitative estimate of drug-likeness (QED) is 0.845. The predicted molar refractivity (Wildman–Crippen MR) is 79.7 cm³/mol. The van der Waals surface area contributed by atoms with Crippen molar-refractivity contribution in [3.8, 4) is 0 Å². The second-order valence-corrected chi connectivity index (χ2v) is 5.22. The van der Waals surface area contributed by atoms with Crippen molar-refractivity contribution in [1.82, 2.24) is 10.2 Å². The Balaban J connectivity index is 1.91. The maximum absolute atomic E-state index is 12.2. The summed E-state index contributed by atoms with van der Waals surface area (Å²) in [5.41, 5.74) is 2.38. The summed E-state index contributed by atoms with van der Waals surface area (Å²) in [5, 5.41) is 2.65. The lowest BCUT2D eigenvalue weighted by Crippen LogP contribution is -2.46. The molecule has 2 amide bonds. The van der Waals surface area contributed by atoms with E-state index in [2.05, 4.69) is 11.4 Å². The second kappa shape index (κ2) is 7.22. The van der Waals surface area contributed by atoms with E-state index < -0.39 is 11.8 Å². The number of carbonyl (C=O) groups excluding carboxylic acids is 2. The van der Waals surface area contributed by atoms with E-state index in [1.807, 2.05) is 25.1 Å². The molecule has 1 aromatic rings. The van der Waals surface area contributed by atoms with Gasteiger partial charge in [-0.3, -0.25) is 9.59 Å². The minimum absolute atomic E-state index is 0.0520. The lowest BCUT2D eigenvalue weighted by molar-refractivity contribution is -0.146. The lowest BCUT2D eigenvalue weighted by atomic mass is 10.00. The Morgan fingerprint density at radius 3 is 2.71 bits per heavy atom. The molecule has 0 saturated carbocycles. The summed E-state index contributed by atoms with van der Waals surface area (Å²) in [6.07, 6.45) is 1.54. The highest BCUT2D eigenvalue weighted by molar-refractivity contribution is 6.35. The number of hydrogen-bond donors (Lipinski definition) is 1. The average Bonchev–Trinajstić information content (AvgIpc) is 2.54. The number of ether oxygens (including phenoxy) is 1. The fourth-order valence-electron chi connectivity index (χ4n) is 2.49. The number of benzene rings is 1. The molecule has 0 aliphatic carbocycles. The van der Waals surface area contributed by atoms with E-state index >= 15 is 0 Å². The van der Waals surface area contributed by atoms with Crippen molar-refractivity contribution in [3.05, 3.63) is 35.4 Å². The van der Waals surface area contributed by atoms with Crippen LogP contribution in [-0.4, -0.2) is 43.0 Å². The molecule has 0 fully saturated rings. The molecule has 2 rings (SSSR count). The van der Waals surface area contributed by atoms with Gasteiger partial charge in [0.25, 0.3) is 0 Å². The van der Waals surface area contributed by atoms with Gasteiger partial charge in [0.05, 0.1) is 6.10 Å². The fourth-order valence-corrected chi connectivity index (χ4v) is 2.49. The van der Waals surface area contributed by atoms with Crippen LogP contribution >= 0.6 is 0 Å². The molecule has 1 aromatic carbocycles. The van der Waals surface area contributed by atoms with E-state index in [0.717, 1.165) is 18.4 Å². The van der Waals surface area contributed by atoms with Crippen LogP contribution in [0.15, 0.2) is 24.3 Å².